The van der Waals surface area contributed by atoms with Crippen molar-refractivity contribution in [1.82, 2.24) is 34.3 Å². The van der Waals surface area contributed by atoms with Crippen LogP contribution in [0.1, 0.15) is 89.0 Å². The van der Waals surface area contributed by atoms with Crippen LogP contribution >= 0.6 is 39.1 Å². The highest BCUT2D eigenvalue weighted by atomic mass is 79.9. The number of benzene rings is 4. The summed E-state index contributed by atoms with van der Waals surface area (Å²) in [4.78, 5) is 67.1. The topological polar surface area (TPSA) is 191 Å². The van der Waals surface area contributed by atoms with Gasteiger partial charge in [-0.25, -0.2) is 24.5 Å². The predicted molar refractivity (Wildman–Crippen MR) is 300 cm³/mol. The number of pyridine rings is 1. The third kappa shape index (κ3) is 15.5. The van der Waals surface area contributed by atoms with Gasteiger partial charge < -0.3 is 34.1 Å². The molecule has 0 unspecified atom stereocenters. The van der Waals surface area contributed by atoms with Crippen LogP contribution in [-0.4, -0.2) is 100 Å². The Balaban J connectivity index is 0.000000211. The first kappa shape index (κ1) is 58.9. The summed E-state index contributed by atoms with van der Waals surface area (Å²) >= 11 is 16.2. The summed E-state index contributed by atoms with van der Waals surface area (Å²) < 4.78 is 52.1. The highest BCUT2D eigenvalue weighted by molar-refractivity contribution is 9.09. The van der Waals surface area contributed by atoms with Gasteiger partial charge in [-0.3, -0.25) is 14.9 Å². The van der Waals surface area contributed by atoms with Gasteiger partial charge in [0, 0.05) is 67.0 Å². The molecule has 0 radical (unpaired) electrons. The Morgan fingerprint density at radius 3 is 1.87 bits per heavy atom. The average Bonchev–Trinajstić information content (AvgIpc) is 3.99. The number of nitrogens with one attached hydrogen (secondary N) is 2. The van der Waals surface area contributed by atoms with E-state index in [0.29, 0.717) is 64.1 Å². The number of carbonyl (C=O) groups excluding carboxylic acids is 3. The smallest absolute Gasteiger partial charge is 0.433 e. The van der Waals surface area contributed by atoms with Crippen molar-refractivity contribution in [2.75, 3.05) is 36.8 Å². The van der Waals surface area contributed by atoms with Gasteiger partial charge in [0.15, 0.2) is 0 Å². The molecule has 16 nitrogen and oxygen atoms in total. The van der Waals surface area contributed by atoms with E-state index in [1.54, 1.807) is 23.1 Å². The number of para-hydroxylation sites is 4. The molecule has 22 heteroatoms. The monoisotopic (exact) mass is 1180 g/mol. The van der Waals surface area contributed by atoms with E-state index < -0.39 is 28.3 Å². The number of nitro benzene ring substituents is 1. The Hall–Kier alpha value is -6.77. The number of likely N-dealkylation sites (tertiary alicyclic amines) is 2. The number of ether oxygens (including phenoxy) is 2. The number of alkyl halides is 4. The number of imidazole rings is 2. The van der Waals surface area contributed by atoms with Crippen LogP contribution in [0.4, 0.5) is 34.1 Å². The average molecular weight is 1180 g/mol. The second-order valence-corrected chi connectivity index (χ2v) is 22.5. The van der Waals surface area contributed by atoms with E-state index in [2.05, 4.69) is 40.8 Å². The van der Waals surface area contributed by atoms with E-state index in [4.69, 9.17) is 37.7 Å². The fourth-order valence-corrected chi connectivity index (χ4v) is 9.82. The van der Waals surface area contributed by atoms with Gasteiger partial charge in [0.25, 0.3) is 11.6 Å². The number of anilines is 1. The summed E-state index contributed by atoms with van der Waals surface area (Å²) in [5, 5.41) is 15.4. The van der Waals surface area contributed by atoms with Crippen molar-refractivity contribution < 1.29 is 42.0 Å². The molecule has 0 atom stereocenters. The minimum absolute atomic E-state index is 0.0140. The van der Waals surface area contributed by atoms with Crippen molar-refractivity contribution in [3.63, 3.8) is 0 Å². The van der Waals surface area contributed by atoms with Crippen LogP contribution in [-0.2, 0) is 22.2 Å². The molecule has 4 aromatic carbocycles. The summed E-state index contributed by atoms with van der Waals surface area (Å²) in [6.07, 6.45) is -1.36. The Kier molecular flexibility index (Phi) is 18.8. The Labute approximate surface area is 468 Å². The van der Waals surface area contributed by atoms with E-state index >= 15 is 0 Å². The third-order valence-corrected chi connectivity index (χ3v) is 14.3. The molecule has 2 aliphatic rings. The molecule has 7 aromatic rings. The molecule has 2 aliphatic heterocycles. The number of nitro groups is 1. The fraction of sp³-hybridized carbons (Fsp3) is 0.393. The third-order valence-electron chi connectivity index (χ3n) is 12.7. The highest BCUT2D eigenvalue weighted by Crippen LogP contribution is 2.36. The number of aryl methyl sites for hydroxylation is 1. The van der Waals surface area contributed by atoms with Crippen LogP contribution in [0.2, 0.25) is 10.0 Å². The number of amides is 3. The van der Waals surface area contributed by atoms with E-state index in [1.165, 1.54) is 25.1 Å². The number of halogens is 6. The maximum Gasteiger partial charge on any atom is 0.433 e. The highest BCUT2D eigenvalue weighted by Gasteiger charge is 2.34. The molecular formula is C56H61BrCl2F3N9O7. The minimum atomic E-state index is -4.61. The lowest BCUT2D eigenvalue weighted by molar-refractivity contribution is -0.384. The number of nitrogens with zero attached hydrogens (tertiary/aromatic N) is 7. The molecule has 2 saturated heterocycles. The number of hydrogen-bond donors (Lipinski definition) is 2. The number of hydrogen-bond acceptors (Lipinski definition) is 10. The number of fused-ring (bicyclic) bond motifs is 2. The zero-order valence-electron chi connectivity index (χ0n) is 44.2. The largest absolute Gasteiger partial charge is 0.444 e. The molecule has 3 amide bonds. The van der Waals surface area contributed by atoms with Crippen LogP contribution in [0.25, 0.3) is 44.8 Å². The first-order valence-electron chi connectivity index (χ1n) is 25.3. The van der Waals surface area contributed by atoms with Crippen LogP contribution < -0.4 is 5.32 Å². The molecular weight excluding hydrogens is 1120 g/mol. The van der Waals surface area contributed by atoms with Gasteiger partial charge in [-0.15, -0.1) is 0 Å². The second kappa shape index (κ2) is 24.9. The lowest BCUT2D eigenvalue weighted by atomic mass is 9.96. The lowest BCUT2D eigenvalue weighted by Gasteiger charge is -2.33. The van der Waals surface area contributed by atoms with E-state index in [9.17, 15) is 37.7 Å². The fourth-order valence-electron chi connectivity index (χ4n) is 8.77. The summed E-state index contributed by atoms with van der Waals surface area (Å²) in [5.74, 6) is 1.52. The molecule has 3 aromatic heterocycles. The number of aromatic nitrogens is 5. The van der Waals surface area contributed by atoms with Gasteiger partial charge in [0.05, 0.1) is 48.3 Å². The summed E-state index contributed by atoms with van der Waals surface area (Å²) in [5.41, 5.74) is 2.85. The van der Waals surface area contributed by atoms with Crippen LogP contribution in [0.3, 0.4) is 0 Å². The molecule has 0 aliphatic carbocycles. The molecule has 0 bridgehead atoms. The standard InChI is InChI=1S/C32H33ClF3N5O3.C13H8ClN3O2.C11H20BrNO2/c1-19-22(10-12-27(37-19)32(34,35)36)29(42)38-21-9-11-24(33)23(17-21)28-39-25-7-5-6-8-26(25)41(28)18-20-13-15-40(16-14-20)30(43)44-31(2,3)4;14-10-6-5-8(17(18)19)7-9(10)13-15-11-3-1-2-4-12(11)16-13;1-11(2,3)15-10(14)13-6-4-9(8-12)5-7-13/h5-12,17,20H,13-16,18H2,1-4H3,(H,38,42);1-7H,(H,15,16);9H,4-8H2,1-3H3. The van der Waals surface area contributed by atoms with Crippen molar-refractivity contribution in [2.45, 2.75) is 98.1 Å². The van der Waals surface area contributed by atoms with Gasteiger partial charge in [-0.2, -0.15) is 13.2 Å². The first-order valence-corrected chi connectivity index (χ1v) is 27.2. The lowest BCUT2D eigenvalue weighted by Crippen LogP contribution is -2.42. The Morgan fingerprint density at radius 1 is 0.744 bits per heavy atom. The van der Waals surface area contributed by atoms with Gasteiger partial charge in [-0.05, 0) is 147 Å². The molecule has 9 rings (SSSR count). The van der Waals surface area contributed by atoms with Gasteiger partial charge >= 0.3 is 18.4 Å². The van der Waals surface area contributed by atoms with Crippen LogP contribution in [0.15, 0.2) is 97.1 Å². The number of H-pyrrole nitrogens is 1. The van der Waals surface area contributed by atoms with Crippen molar-refractivity contribution in [3.8, 4) is 22.8 Å². The van der Waals surface area contributed by atoms with Gasteiger partial charge in [0.1, 0.15) is 28.5 Å². The number of non-ortho nitro benzene ring substituents is 1. The number of piperidine rings is 2. The number of rotatable bonds is 8. The Morgan fingerprint density at radius 2 is 1.31 bits per heavy atom. The van der Waals surface area contributed by atoms with E-state index in [-0.39, 0.29) is 40.7 Å². The zero-order valence-corrected chi connectivity index (χ0v) is 47.3. The van der Waals surface area contributed by atoms with Crippen molar-refractivity contribution in [2.24, 2.45) is 11.8 Å². The summed E-state index contributed by atoms with van der Waals surface area (Å²) in [6.45, 7) is 16.1. The van der Waals surface area contributed by atoms with Crippen molar-refractivity contribution >= 4 is 90.7 Å². The molecule has 0 saturated carbocycles. The Bertz CT molecular complexity index is 3250. The van der Waals surface area contributed by atoms with Crippen LogP contribution in [0.5, 0.6) is 0 Å². The number of carbonyl (C=O) groups is 3. The SMILES string of the molecule is CC(C)(C)OC(=O)N1CCC(CBr)CC1.Cc1nc(C(F)(F)F)ccc1C(=O)Nc1ccc(Cl)c(-c2nc3ccccc3n2CC2CCN(C(=O)OC(C)(C)C)CC2)c1.O=[N+]([O-])c1ccc(Cl)c(-c2nc3ccccc3[nH]2)c1. The van der Waals surface area contributed by atoms with Crippen molar-refractivity contribution in [3.05, 3.63) is 134 Å². The minimum Gasteiger partial charge on any atom is -0.444 e. The second-order valence-electron chi connectivity index (χ2n) is 21.0. The molecule has 414 valence electrons. The summed E-state index contributed by atoms with van der Waals surface area (Å²) in [6, 6.07) is 26.4. The molecule has 2 fully saturated rings. The van der Waals surface area contributed by atoms with Gasteiger partial charge in [0.2, 0.25) is 0 Å². The number of aromatic amines is 1. The maximum absolute atomic E-state index is 13.0. The first-order chi connectivity index (χ1) is 36.8. The molecule has 5 heterocycles. The normalized spacial score (nSPS) is 14.5. The maximum atomic E-state index is 13.0. The quantitative estimate of drug-likeness (QED) is 0.0841. The zero-order chi connectivity index (χ0) is 56.7. The van der Waals surface area contributed by atoms with Crippen molar-refractivity contribution in [1.29, 1.82) is 0 Å². The van der Waals surface area contributed by atoms with E-state index in [0.717, 1.165) is 78.3 Å². The summed E-state index contributed by atoms with van der Waals surface area (Å²) in [7, 11) is 0. The van der Waals surface area contributed by atoms with Crippen LogP contribution in [0, 0.1) is 28.9 Å². The van der Waals surface area contributed by atoms with E-state index in [1.807, 2.05) is 95.0 Å². The molecule has 0 spiro atoms. The van der Waals surface area contributed by atoms with Gasteiger partial charge in [-0.1, -0.05) is 63.4 Å². The molecule has 2 N–H and O–H groups in total. The molecule has 78 heavy (non-hydrogen) atoms. The predicted octanol–water partition coefficient (Wildman–Crippen LogP) is 14.8.